The Hall–Kier alpha value is -3.15. The van der Waals surface area contributed by atoms with Crippen molar-refractivity contribution in [3.05, 3.63) is 65.5 Å². The molecule has 126 valence electrons. The first kappa shape index (κ1) is 15.4. The maximum absolute atomic E-state index is 13.8. The van der Waals surface area contributed by atoms with Gasteiger partial charge in [-0.05, 0) is 24.3 Å². The first-order valence-corrected chi connectivity index (χ1v) is 7.82. The summed E-state index contributed by atoms with van der Waals surface area (Å²) in [6.07, 6.45) is -0.537. The zero-order valence-corrected chi connectivity index (χ0v) is 13.5. The Morgan fingerprint density at radius 1 is 1.24 bits per heavy atom. The van der Waals surface area contributed by atoms with Gasteiger partial charge in [-0.15, -0.1) is 0 Å². The van der Waals surface area contributed by atoms with E-state index < -0.39 is 6.09 Å². The molecule has 2 aromatic carbocycles. The normalized spacial score (nSPS) is 13.5. The number of amides is 1. The van der Waals surface area contributed by atoms with Gasteiger partial charge in [-0.3, -0.25) is 4.90 Å². The lowest BCUT2D eigenvalue weighted by atomic mass is 10.1. The molecule has 0 unspecified atom stereocenters. The van der Waals surface area contributed by atoms with Crippen LogP contribution in [0, 0.1) is 5.82 Å². The number of rotatable bonds is 3. The smallest absolute Gasteiger partial charge is 0.417 e. The molecule has 0 bridgehead atoms. The Balaban J connectivity index is 1.66. The number of methoxy groups -OCH3 is 1. The Morgan fingerprint density at radius 3 is 2.88 bits per heavy atom. The predicted octanol–water partition coefficient (Wildman–Crippen LogP) is 3.90. The predicted molar refractivity (Wildman–Crippen MR) is 90.0 cm³/mol. The van der Waals surface area contributed by atoms with Crippen LogP contribution in [0.15, 0.2) is 48.5 Å². The van der Waals surface area contributed by atoms with Crippen molar-refractivity contribution in [2.75, 3.05) is 7.11 Å². The highest BCUT2D eigenvalue weighted by Gasteiger charge is 2.27. The molecule has 0 saturated carbocycles. The van der Waals surface area contributed by atoms with Crippen LogP contribution in [-0.4, -0.2) is 23.1 Å². The molecule has 25 heavy (non-hydrogen) atoms. The summed E-state index contributed by atoms with van der Waals surface area (Å²) in [7, 11) is 1.58. The maximum Gasteiger partial charge on any atom is 0.417 e. The average Bonchev–Trinajstić information content (AvgIpc) is 2.62. The van der Waals surface area contributed by atoms with Crippen LogP contribution in [0.5, 0.6) is 11.6 Å². The molecule has 0 radical (unpaired) electrons. The van der Waals surface area contributed by atoms with Gasteiger partial charge in [0, 0.05) is 22.6 Å². The Bertz CT molecular complexity index is 974. The summed E-state index contributed by atoms with van der Waals surface area (Å²) in [4.78, 5) is 18.1. The second-order valence-electron chi connectivity index (χ2n) is 5.83. The Morgan fingerprint density at radius 2 is 2.08 bits per heavy atom. The molecule has 0 saturated heterocycles. The maximum atomic E-state index is 13.8. The number of hydrogen-bond donors (Lipinski definition) is 0. The minimum atomic E-state index is -0.537. The van der Waals surface area contributed by atoms with Crippen LogP contribution in [0.4, 0.5) is 9.18 Å². The van der Waals surface area contributed by atoms with Gasteiger partial charge in [0.2, 0.25) is 5.88 Å². The van der Waals surface area contributed by atoms with Crippen molar-refractivity contribution in [2.45, 2.75) is 13.1 Å². The SMILES string of the molecule is COc1ccc2cc3c(nc2c1)OC(=O)N(Cc1ccccc1F)C3. The van der Waals surface area contributed by atoms with E-state index in [-0.39, 0.29) is 18.2 Å². The molecule has 0 N–H and O–H groups in total. The van der Waals surface area contributed by atoms with Gasteiger partial charge in [0.15, 0.2) is 0 Å². The second kappa shape index (κ2) is 6.05. The minimum Gasteiger partial charge on any atom is -0.497 e. The zero-order chi connectivity index (χ0) is 17.4. The number of pyridine rings is 1. The molecule has 1 amide bonds. The molecule has 0 spiro atoms. The number of halogens is 1. The molecule has 2 heterocycles. The summed E-state index contributed by atoms with van der Waals surface area (Å²) in [5, 5.41) is 0.920. The summed E-state index contributed by atoms with van der Waals surface area (Å²) in [6.45, 7) is 0.461. The van der Waals surface area contributed by atoms with Crippen molar-refractivity contribution < 1.29 is 18.7 Å². The number of ether oxygens (including phenoxy) is 2. The van der Waals surface area contributed by atoms with Crippen molar-refractivity contribution in [2.24, 2.45) is 0 Å². The fraction of sp³-hybridized carbons (Fsp3) is 0.158. The fourth-order valence-corrected chi connectivity index (χ4v) is 2.87. The first-order valence-electron chi connectivity index (χ1n) is 7.82. The lowest BCUT2D eigenvalue weighted by molar-refractivity contribution is 0.132. The molecule has 1 aliphatic rings. The van der Waals surface area contributed by atoms with Gasteiger partial charge in [0.1, 0.15) is 11.6 Å². The van der Waals surface area contributed by atoms with Crippen LogP contribution in [0.3, 0.4) is 0 Å². The van der Waals surface area contributed by atoms with E-state index in [9.17, 15) is 9.18 Å². The van der Waals surface area contributed by atoms with Crippen molar-refractivity contribution in [1.82, 2.24) is 9.88 Å². The van der Waals surface area contributed by atoms with Crippen LogP contribution in [0.1, 0.15) is 11.1 Å². The van der Waals surface area contributed by atoms with Gasteiger partial charge in [-0.2, -0.15) is 0 Å². The first-order chi connectivity index (χ1) is 12.1. The Labute approximate surface area is 143 Å². The number of aromatic nitrogens is 1. The van der Waals surface area contributed by atoms with Crippen molar-refractivity contribution in [3.63, 3.8) is 0 Å². The van der Waals surface area contributed by atoms with Gasteiger partial charge in [0.05, 0.1) is 25.7 Å². The summed E-state index contributed by atoms with van der Waals surface area (Å²) in [6, 6.07) is 13.9. The monoisotopic (exact) mass is 338 g/mol. The third-order valence-corrected chi connectivity index (χ3v) is 4.19. The molecule has 0 fully saturated rings. The van der Waals surface area contributed by atoms with Crippen molar-refractivity contribution >= 4 is 17.0 Å². The zero-order valence-electron chi connectivity index (χ0n) is 13.5. The fourth-order valence-electron chi connectivity index (χ4n) is 2.87. The minimum absolute atomic E-state index is 0.144. The van der Waals surface area contributed by atoms with E-state index in [0.29, 0.717) is 23.4 Å². The molecule has 0 aliphatic carbocycles. The molecule has 4 rings (SSSR count). The van der Waals surface area contributed by atoms with E-state index in [0.717, 1.165) is 10.9 Å². The highest BCUT2D eigenvalue weighted by atomic mass is 19.1. The highest BCUT2D eigenvalue weighted by molar-refractivity contribution is 5.83. The molecule has 0 atom stereocenters. The van der Waals surface area contributed by atoms with Crippen LogP contribution in [-0.2, 0) is 13.1 Å². The molecule has 5 nitrogen and oxygen atoms in total. The van der Waals surface area contributed by atoms with Crippen LogP contribution in [0.25, 0.3) is 10.9 Å². The highest BCUT2D eigenvalue weighted by Crippen LogP contribution is 2.30. The third-order valence-electron chi connectivity index (χ3n) is 4.19. The summed E-state index contributed by atoms with van der Waals surface area (Å²) in [5.74, 6) is 0.628. The van der Waals surface area contributed by atoms with Crippen LogP contribution in [0.2, 0.25) is 0 Å². The summed E-state index contributed by atoms with van der Waals surface area (Å²) < 4.78 is 24.4. The van der Waals surface area contributed by atoms with E-state index in [2.05, 4.69) is 4.98 Å². The van der Waals surface area contributed by atoms with E-state index in [1.807, 2.05) is 18.2 Å². The quantitative estimate of drug-likeness (QED) is 0.727. The molecule has 3 aromatic rings. The summed E-state index contributed by atoms with van der Waals surface area (Å²) >= 11 is 0. The molecule has 6 heteroatoms. The van der Waals surface area contributed by atoms with E-state index in [1.165, 1.54) is 11.0 Å². The lowest BCUT2D eigenvalue weighted by Crippen LogP contribution is -2.37. The third kappa shape index (κ3) is 2.87. The number of benzene rings is 2. The van der Waals surface area contributed by atoms with Crippen LogP contribution < -0.4 is 9.47 Å². The summed E-state index contributed by atoms with van der Waals surface area (Å²) in [5.41, 5.74) is 1.92. The standard InChI is InChI=1S/C19H15FN2O3/c1-24-15-7-6-12-8-14-11-22(10-13-4-2-3-5-16(13)20)19(23)25-18(14)21-17(12)9-15/h2-9H,10-11H2,1H3. The van der Waals surface area contributed by atoms with Gasteiger partial charge < -0.3 is 9.47 Å². The van der Waals surface area contributed by atoms with Gasteiger partial charge in [0.25, 0.3) is 0 Å². The Kier molecular flexibility index (Phi) is 3.72. The molecule has 1 aromatic heterocycles. The van der Waals surface area contributed by atoms with E-state index in [1.54, 1.807) is 31.4 Å². The average molecular weight is 338 g/mol. The van der Waals surface area contributed by atoms with Gasteiger partial charge in [-0.25, -0.2) is 14.2 Å². The van der Waals surface area contributed by atoms with Gasteiger partial charge >= 0.3 is 6.09 Å². The number of hydrogen-bond acceptors (Lipinski definition) is 4. The van der Waals surface area contributed by atoms with Crippen LogP contribution >= 0.6 is 0 Å². The molecule has 1 aliphatic heterocycles. The second-order valence-corrected chi connectivity index (χ2v) is 5.83. The number of carbonyl (C=O) groups excluding carboxylic acids is 1. The topological polar surface area (TPSA) is 51.7 Å². The van der Waals surface area contributed by atoms with Gasteiger partial charge in [-0.1, -0.05) is 18.2 Å². The van der Waals surface area contributed by atoms with Crippen molar-refractivity contribution in [3.8, 4) is 11.6 Å². The van der Waals surface area contributed by atoms with E-state index >= 15 is 0 Å². The largest absolute Gasteiger partial charge is 0.497 e. The number of nitrogens with zero attached hydrogens (tertiary/aromatic N) is 2. The van der Waals surface area contributed by atoms with E-state index in [4.69, 9.17) is 9.47 Å². The lowest BCUT2D eigenvalue weighted by Gasteiger charge is -2.27. The number of carbonyl (C=O) groups is 1. The van der Waals surface area contributed by atoms with Crippen molar-refractivity contribution in [1.29, 1.82) is 0 Å². The number of fused-ring (bicyclic) bond motifs is 2. The molecular weight excluding hydrogens is 323 g/mol. The molecular formula is C19H15FN2O3.